The van der Waals surface area contributed by atoms with Crippen molar-refractivity contribution >= 4 is 27.7 Å². The number of likely N-dealkylation sites (N-methyl/N-ethyl adjacent to an activating group) is 1. The average molecular weight is 303 g/mol. The topological polar surface area (TPSA) is 62.7 Å². The highest BCUT2D eigenvalue weighted by Crippen LogP contribution is 2.20. The minimum absolute atomic E-state index is 0.179. The normalized spacial score (nSPS) is 10.3. The Kier molecular flexibility index (Phi) is 5.37. The fourth-order valence-electron chi connectivity index (χ4n) is 1.35. The van der Waals surface area contributed by atoms with Gasteiger partial charge in [-0.25, -0.2) is 9.78 Å². The van der Waals surface area contributed by atoms with E-state index in [9.17, 15) is 4.79 Å². The van der Waals surface area contributed by atoms with Crippen LogP contribution in [-0.2, 0) is 4.74 Å². The standard InChI is InChI=1S/C11H15BrN2O3/c1-3-17-5-4-14(2)10-9(11(15)16)6-8(12)7-13-10/h6-7H,3-5H2,1-2H3,(H,15,16). The molecule has 1 aromatic rings. The summed E-state index contributed by atoms with van der Waals surface area (Å²) in [6.07, 6.45) is 1.58. The Morgan fingerprint density at radius 3 is 2.94 bits per heavy atom. The predicted molar refractivity (Wildman–Crippen MR) is 68.7 cm³/mol. The number of nitrogens with zero attached hydrogens (tertiary/aromatic N) is 2. The quantitative estimate of drug-likeness (QED) is 0.815. The van der Waals surface area contributed by atoms with Crippen molar-refractivity contribution in [3.05, 3.63) is 22.3 Å². The third-order valence-electron chi connectivity index (χ3n) is 2.20. The molecule has 0 fully saturated rings. The van der Waals surface area contributed by atoms with Gasteiger partial charge in [0.2, 0.25) is 0 Å². The summed E-state index contributed by atoms with van der Waals surface area (Å²) < 4.78 is 5.87. The number of anilines is 1. The summed E-state index contributed by atoms with van der Waals surface area (Å²) in [5.41, 5.74) is 0.179. The first-order valence-electron chi connectivity index (χ1n) is 5.24. The maximum absolute atomic E-state index is 11.1. The molecular weight excluding hydrogens is 288 g/mol. The van der Waals surface area contributed by atoms with Gasteiger partial charge in [0.15, 0.2) is 0 Å². The Hall–Kier alpha value is -1.14. The number of aromatic carboxylic acids is 1. The van der Waals surface area contributed by atoms with Gasteiger partial charge in [0.1, 0.15) is 11.4 Å². The molecule has 1 heterocycles. The first kappa shape index (κ1) is 13.9. The van der Waals surface area contributed by atoms with Crippen LogP contribution in [0.1, 0.15) is 17.3 Å². The number of ether oxygens (including phenoxy) is 1. The van der Waals surface area contributed by atoms with Crippen LogP contribution in [0.25, 0.3) is 0 Å². The minimum atomic E-state index is -0.989. The van der Waals surface area contributed by atoms with E-state index in [0.717, 1.165) is 0 Å². The second kappa shape index (κ2) is 6.56. The summed E-state index contributed by atoms with van der Waals surface area (Å²) in [4.78, 5) is 17.0. The SMILES string of the molecule is CCOCCN(C)c1ncc(Br)cc1C(=O)O. The third-order valence-corrected chi connectivity index (χ3v) is 2.63. The molecule has 0 amide bonds. The van der Waals surface area contributed by atoms with E-state index in [0.29, 0.717) is 30.0 Å². The molecule has 0 unspecified atom stereocenters. The lowest BCUT2D eigenvalue weighted by molar-refractivity contribution is 0.0697. The van der Waals surface area contributed by atoms with Crippen LogP contribution in [0.3, 0.4) is 0 Å². The molecule has 0 saturated carbocycles. The fourth-order valence-corrected chi connectivity index (χ4v) is 1.68. The number of carboxylic acids is 1. The molecule has 6 heteroatoms. The molecule has 0 atom stereocenters. The molecule has 0 radical (unpaired) electrons. The van der Waals surface area contributed by atoms with Gasteiger partial charge in [-0.15, -0.1) is 0 Å². The smallest absolute Gasteiger partial charge is 0.339 e. The van der Waals surface area contributed by atoms with Crippen molar-refractivity contribution in [1.82, 2.24) is 4.98 Å². The van der Waals surface area contributed by atoms with E-state index in [2.05, 4.69) is 20.9 Å². The van der Waals surface area contributed by atoms with Crippen LogP contribution in [0.4, 0.5) is 5.82 Å². The maximum atomic E-state index is 11.1. The Morgan fingerprint density at radius 1 is 1.65 bits per heavy atom. The van der Waals surface area contributed by atoms with Gasteiger partial charge in [-0.1, -0.05) is 0 Å². The van der Waals surface area contributed by atoms with E-state index < -0.39 is 5.97 Å². The summed E-state index contributed by atoms with van der Waals surface area (Å²) in [7, 11) is 1.79. The van der Waals surface area contributed by atoms with Crippen LogP contribution in [0.2, 0.25) is 0 Å². The average Bonchev–Trinajstić information content (AvgIpc) is 2.29. The number of rotatable bonds is 6. The molecule has 94 valence electrons. The van der Waals surface area contributed by atoms with Gasteiger partial charge >= 0.3 is 5.97 Å². The van der Waals surface area contributed by atoms with Crippen LogP contribution in [0, 0.1) is 0 Å². The lowest BCUT2D eigenvalue weighted by Crippen LogP contribution is -2.25. The summed E-state index contributed by atoms with van der Waals surface area (Å²) in [6, 6.07) is 1.54. The zero-order valence-corrected chi connectivity index (χ0v) is 11.4. The number of hydrogen-bond donors (Lipinski definition) is 1. The molecule has 1 N–H and O–H groups in total. The minimum Gasteiger partial charge on any atom is -0.478 e. The van der Waals surface area contributed by atoms with E-state index in [1.54, 1.807) is 24.2 Å². The molecule has 0 aliphatic rings. The summed E-state index contributed by atoms with van der Waals surface area (Å²) in [5.74, 6) is -0.544. The molecule has 0 spiro atoms. The van der Waals surface area contributed by atoms with Crippen LogP contribution in [0.15, 0.2) is 16.7 Å². The second-order valence-electron chi connectivity index (χ2n) is 3.45. The Balaban J connectivity index is 2.84. The number of carbonyl (C=O) groups is 1. The van der Waals surface area contributed by atoms with Crippen LogP contribution in [0.5, 0.6) is 0 Å². The van der Waals surface area contributed by atoms with Crippen molar-refractivity contribution in [2.75, 3.05) is 31.7 Å². The van der Waals surface area contributed by atoms with E-state index >= 15 is 0 Å². The number of halogens is 1. The van der Waals surface area contributed by atoms with E-state index in [-0.39, 0.29) is 5.56 Å². The van der Waals surface area contributed by atoms with Crippen LogP contribution in [-0.4, -0.2) is 42.9 Å². The highest BCUT2D eigenvalue weighted by Gasteiger charge is 2.15. The van der Waals surface area contributed by atoms with Gasteiger partial charge in [0.05, 0.1) is 6.61 Å². The highest BCUT2D eigenvalue weighted by molar-refractivity contribution is 9.10. The fraction of sp³-hybridized carbons (Fsp3) is 0.455. The van der Waals surface area contributed by atoms with E-state index in [4.69, 9.17) is 9.84 Å². The van der Waals surface area contributed by atoms with Gasteiger partial charge in [-0.2, -0.15) is 0 Å². The lowest BCUT2D eigenvalue weighted by Gasteiger charge is -2.19. The third kappa shape index (κ3) is 3.98. The monoisotopic (exact) mass is 302 g/mol. The van der Waals surface area contributed by atoms with Gasteiger partial charge < -0.3 is 14.7 Å². The van der Waals surface area contributed by atoms with E-state index in [1.807, 2.05) is 6.92 Å². The van der Waals surface area contributed by atoms with Gasteiger partial charge in [0.25, 0.3) is 0 Å². The Bertz CT molecular complexity index is 398. The molecule has 17 heavy (non-hydrogen) atoms. The van der Waals surface area contributed by atoms with Crippen molar-refractivity contribution in [2.45, 2.75) is 6.92 Å². The number of carboxylic acid groups (broad SMARTS) is 1. The molecular formula is C11H15BrN2O3. The summed E-state index contributed by atoms with van der Waals surface area (Å²) >= 11 is 3.21. The van der Waals surface area contributed by atoms with Crippen molar-refractivity contribution in [2.24, 2.45) is 0 Å². The molecule has 0 aliphatic carbocycles. The Labute approximate surface area is 109 Å². The first-order valence-corrected chi connectivity index (χ1v) is 6.03. The molecule has 0 aromatic carbocycles. The summed E-state index contributed by atoms with van der Waals surface area (Å²) in [6.45, 7) is 3.71. The van der Waals surface area contributed by atoms with E-state index in [1.165, 1.54) is 0 Å². The van der Waals surface area contributed by atoms with Crippen molar-refractivity contribution < 1.29 is 14.6 Å². The molecule has 0 bridgehead atoms. The molecule has 5 nitrogen and oxygen atoms in total. The van der Waals surface area contributed by atoms with Crippen LogP contribution >= 0.6 is 15.9 Å². The first-order chi connectivity index (χ1) is 8.06. The zero-order valence-electron chi connectivity index (χ0n) is 9.81. The van der Waals surface area contributed by atoms with Crippen molar-refractivity contribution in [3.8, 4) is 0 Å². The lowest BCUT2D eigenvalue weighted by atomic mass is 10.2. The predicted octanol–water partition coefficient (Wildman–Crippen LogP) is 2.02. The summed E-state index contributed by atoms with van der Waals surface area (Å²) in [5, 5.41) is 9.09. The van der Waals surface area contributed by atoms with Gasteiger partial charge in [-0.05, 0) is 28.9 Å². The van der Waals surface area contributed by atoms with Gasteiger partial charge in [-0.3, -0.25) is 0 Å². The highest BCUT2D eigenvalue weighted by atomic mass is 79.9. The second-order valence-corrected chi connectivity index (χ2v) is 4.36. The zero-order chi connectivity index (χ0) is 12.8. The molecule has 0 saturated heterocycles. The number of pyridine rings is 1. The van der Waals surface area contributed by atoms with Crippen molar-refractivity contribution in [1.29, 1.82) is 0 Å². The molecule has 0 aliphatic heterocycles. The Morgan fingerprint density at radius 2 is 2.35 bits per heavy atom. The largest absolute Gasteiger partial charge is 0.478 e. The molecule has 1 rings (SSSR count). The van der Waals surface area contributed by atoms with Crippen molar-refractivity contribution in [3.63, 3.8) is 0 Å². The van der Waals surface area contributed by atoms with Crippen LogP contribution < -0.4 is 4.90 Å². The molecule has 1 aromatic heterocycles. The maximum Gasteiger partial charge on any atom is 0.339 e. The number of aromatic nitrogens is 1. The van der Waals surface area contributed by atoms with Gasteiger partial charge in [0, 0.05) is 30.9 Å². The number of hydrogen-bond acceptors (Lipinski definition) is 4.